The second-order valence-electron chi connectivity index (χ2n) is 12.3. The Morgan fingerprint density at radius 2 is 1.04 bits per heavy atom. The second-order valence-corrected chi connectivity index (χ2v) is 22.3. The van der Waals surface area contributed by atoms with E-state index < -0.39 is 144 Å². The first-order valence-corrected chi connectivity index (χ1v) is 26.8. The van der Waals surface area contributed by atoms with E-state index in [2.05, 4.69) is 49.6 Å². The molecule has 0 atom stereocenters. The number of hydrogen-bond donors (Lipinski definition) is 7. The fourth-order valence-corrected chi connectivity index (χ4v) is 10.1. The van der Waals surface area contributed by atoms with Gasteiger partial charge in [0.2, 0.25) is 0 Å². The van der Waals surface area contributed by atoms with Crippen LogP contribution in [0.25, 0.3) is 0 Å². The Morgan fingerprint density at radius 3 is 1.51 bits per heavy atom. The topological polar surface area (TPSA) is 464 Å². The molecule has 0 saturated carbocycles. The van der Waals surface area contributed by atoms with E-state index in [-0.39, 0.29) is 29.4 Å². The average molecular weight is 1080 g/mol. The minimum absolute atomic E-state index is 0.0238. The Labute approximate surface area is 384 Å². The number of methoxy groups -OCH3 is 1. The summed E-state index contributed by atoms with van der Waals surface area (Å²) in [6, 6.07) is 8.42. The number of sulfone groups is 2. The second kappa shape index (κ2) is 21.8. The summed E-state index contributed by atoms with van der Waals surface area (Å²) < 4.78 is 204. The summed E-state index contributed by atoms with van der Waals surface area (Å²) in [4.78, 5) is -4.51. The molecule has 0 spiro atoms. The Hall–Kier alpha value is -5.23. The van der Waals surface area contributed by atoms with Crippen molar-refractivity contribution in [3.8, 4) is 5.75 Å². The van der Waals surface area contributed by atoms with Crippen molar-refractivity contribution in [2.45, 2.75) is 24.5 Å². The van der Waals surface area contributed by atoms with Crippen molar-refractivity contribution in [1.29, 1.82) is 0 Å². The van der Waals surface area contributed by atoms with Crippen LogP contribution in [-0.4, -0.2) is 113 Å². The zero-order chi connectivity index (χ0) is 50.2. The Kier molecular flexibility index (Phi) is 17.7. The van der Waals surface area contributed by atoms with Crippen LogP contribution in [-0.2, 0) is 78.2 Å². The van der Waals surface area contributed by atoms with Gasteiger partial charge in [-0.1, -0.05) is 5.04 Å². The monoisotopic (exact) mass is 1080 g/mol. The molecule has 0 bridgehead atoms. The highest BCUT2D eigenvalue weighted by molar-refractivity contribution is 7.92. The van der Waals surface area contributed by atoms with Gasteiger partial charge in [-0.25, -0.2) is 26.3 Å². The number of benzene rings is 4. The third-order valence-corrected chi connectivity index (χ3v) is 14.9. The van der Waals surface area contributed by atoms with E-state index in [0.717, 1.165) is 42.5 Å². The first-order valence-electron chi connectivity index (χ1n) is 17.1. The molecule has 4 aromatic rings. The number of ether oxygens (including phenoxy) is 1. The van der Waals surface area contributed by atoms with Gasteiger partial charge in [-0.05, 0) is 54.6 Å². The van der Waals surface area contributed by atoms with Crippen molar-refractivity contribution in [2.75, 3.05) is 49.9 Å². The highest BCUT2D eigenvalue weighted by Gasteiger charge is 2.26. The summed E-state index contributed by atoms with van der Waals surface area (Å²) in [5.41, 5.74) is 2.21. The first-order chi connectivity index (χ1) is 31.0. The minimum atomic E-state index is -5.35. The summed E-state index contributed by atoms with van der Waals surface area (Å²) in [6.07, 6.45) is 0. The Morgan fingerprint density at radius 1 is 0.597 bits per heavy atom. The van der Waals surface area contributed by atoms with Crippen LogP contribution in [0.1, 0.15) is 0 Å². The number of nitrogens with two attached hydrogens (primary N) is 1. The maximum absolute atomic E-state index is 12.9. The Balaban J connectivity index is 1.94. The van der Waals surface area contributed by atoms with Gasteiger partial charge in [0.1, 0.15) is 54.6 Å². The van der Waals surface area contributed by atoms with Crippen LogP contribution in [0.15, 0.2) is 116 Å². The zero-order valence-electron chi connectivity index (χ0n) is 33.4. The summed E-state index contributed by atoms with van der Waals surface area (Å²) >= 11 is 0.0644. The quantitative estimate of drug-likeness (QED) is 0.0101. The lowest BCUT2D eigenvalue weighted by atomic mass is 10.1. The predicted molar refractivity (Wildman–Crippen MR) is 228 cm³/mol. The summed E-state index contributed by atoms with van der Waals surface area (Å²) in [5.74, 6) is -1.91. The number of anilines is 2. The number of hydrogen-bond acceptors (Lipinski definition) is 27. The maximum Gasteiger partial charge on any atom is 0.397 e. The van der Waals surface area contributed by atoms with Crippen LogP contribution in [0, 0.1) is 0 Å². The highest BCUT2D eigenvalue weighted by atomic mass is 32.3. The van der Waals surface area contributed by atoms with Crippen molar-refractivity contribution in [1.82, 2.24) is 0 Å². The fourth-order valence-electron chi connectivity index (χ4n) is 5.05. The molecule has 37 heteroatoms. The van der Waals surface area contributed by atoms with E-state index >= 15 is 0 Å². The normalized spacial score (nSPS) is 13.2. The molecule has 0 saturated heterocycles. The Bertz CT molecular complexity index is 3320. The van der Waals surface area contributed by atoms with Gasteiger partial charge in [-0.3, -0.25) is 22.4 Å². The third-order valence-electron chi connectivity index (χ3n) is 8.04. The molecule has 4 rings (SSSR count). The van der Waals surface area contributed by atoms with E-state index in [4.69, 9.17) is 24.5 Å². The molecule has 0 aliphatic heterocycles. The van der Waals surface area contributed by atoms with Gasteiger partial charge in [-0.2, -0.15) is 33.7 Å². The van der Waals surface area contributed by atoms with Crippen molar-refractivity contribution >= 4 is 118 Å². The number of rotatable bonds is 23. The summed E-state index contributed by atoms with van der Waals surface area (Å²) in [6.45, 7) is -1.67. The molecule has 0 amide bonds. The number of azo groups is 3. The molecular weight excluding hydrogens is 1050 g/mol. The van der Waals surface area contributed by atoms with Gasteiger partial charge in [0.25, 0.3) is 30.4 Å². The third kappa shape index (κ3) is 14.9. The smallest absolute Gasteiger partial charge is 0.397 e. The molecule has 0 aliphatic carbocycles. The standard InChI is InChI=1S/C30H32N8O22S7/c1-32-29-24(37-34-20-6-3-17(56-2)13-25(20)64(44,45)46)16-23(36-33-21-7-4-18(14-26(21)65(47,48)49)62(40,41)11-9-57-61-60-59-39)28(31)30(29)38-35-22-8-5-19(15-27(22)66(50,51)52)63(42,43)12-10-58-67(53,54)55/h3-8,13-16,32,39H,9-12,31H2,1-2H3,(H,44,45,46)(H,47,48,49)(H,50,51,52)(H,53,54,55)/b36-33+,37-34+,38-35+. The molecule has 0 radical (unpaired) electrons. The molecule has 30 nitrogen and oxygen atoms in total. The van der Waals surface area contributed by atoms with E-state index in [9.17, 15) is 64.2 Å². The lowest BCUT2D eigenvalue weighted by molar-refractivity contribution is -0.434. The minimum Gasteiger partial charge on any atom is -0.497 e. The predicted octanol–water partition coefficient (Wildman–Crippen LogP) is 4.67. The summed E-state index contributed by atoms with van der Waals surface area (Å²) in [7, 11) is -27.1. The van der Waals surface area contributed by atoms with Gasteiger partial charge in [-0.15, -0.1) is 35.0 Å². The van der Waals surface area contributed by atoms with Gasteiger partial charge >= 0.3 is 10.4 Å². The van der Waals surface area contributed by atoms with Crippen molar-refractivity contribution in [3.05, 3.63) is 60.7 Å². The van der Waals surface area contributed by atoms with Crippen LogP contribution in [0.4, 0.5) is 45.5 Å². The van der Waals surface area contributed by atoms with E-state index in [1.807, 2.05) is 0 Å². The maximum atomic E-state index is 12.9. The van der Waals surface area contributed by atoms with Gasteiger partial charge in [0, 0.05) is 13.1 Å². The molecule has 4 aromatic carbocycles. The van der Waals surface area contributed by atoms with Gasteiger partial charge in [0.15, 0.2) is 32.0 Å². The van der Waals surface area contributed by atoms with Crippen molar-refractivity contribution in [3.63, 3.8) is 0 Å². The van der Waals surface area contributed by atoms with E-state index in [1.54, 1.807) is 0 Å². The number of nitrogens with zero attached hydrogens (tertiary/aromatic N) is 6. The zero-order valence-corrected chi connectivity index (χ0v) is 39.1. The fraction of sp³-hybridized carbons (Fsp3) is 0.200. The molecule has 366 valence electrons. The van der Waals surface area contributed by atoms with Gasteiger partial charge < -0.3 is 15.8 Å². The molecule has 8 N–H and O–H groups in total. The molecule has 0 fully saturated rings. The highest BCUT2D eigenvalue weighted by Crippen LogP contribution is 2.48. The van der Waals surface area contributed by atoms with E-state index in [0.29, 0.717) is 12.1 Å². The summed E-state index contributed by atoms with van der Waals surface area (Å²) in [5, 5.41) is 37.4. The van der Waals surface area contributed by atoms with Crippen molar-refractivity contribution in [2.24, 2.45) is 30.7 Å². The number of nitrogens with one attached hydrogen (secondary N) is 1. The van der Waals surface area contributed by atoms with Crippen LogP contribution < -0.4 is 15.8 Å². The van der Waals surface area contributed by atoms with Crippen LogP contribution >= 0.6 is 12.3 Å². The number of nitrogen functional groups attached to an aromatic ring is 1. The van der Waals surface area contributed by atoms with Crippen LogP contribution in [0.2, 0.25) is 0 Å². The van der Waals surface area contributed by atoms with Gasteiger partial charge in [0.05, 0.1) is 53.0 Å². The molecule has 0 unspecified atom stereocenters. The van der Waals surface area contributed by atoms with Crippen LogP contribution in [0.3, 0.4) is 0 Å². The average Bonchev–Trinajstić information content (AvgIpc) is 3.23. The van der Waals surface area contributed by atoms with Crippen LogP contribution in [0.5, 0.6) is 5.75 Å². The lowest BCUT2D eigenvalue weighted by Crippen LogP contribution is -2.16. The SMILES string of the molecule is CNc1c(/N=N/c2ccc(OC)cc2S(=O)(=O)O)cc(/N=N/c2ccc(S(=O)(=O)CCOSOOO)cc2S(=O)(=O)O)c(N)c1/N=N/c1ccc(S(=O)(=O)CCOS(=O)(=O)O)cc1S(=O)(=O)O. The molecule has 0 aromatic heterocycles. The molecular formula is C30H32N8O22S7. The lowest BCUT2D eigenvalue weighted by Gasteiger charge is -2.13. The van der Waals surface area contributed by atoms with Crippen molar-refractivity contribution < 1.29 is 96.5 Å². The van der Waals surface area contributed by atoms with E-state index in [1.165, 1.54) is 20.2 Å². The largest absolute Gasteiger partial charge is 0.497 e. The molecule has 0 heterocycles. The molecule has 0 aliphatic rings. The first kappa shape index (κ1) is 54.4. The molecule has 67 heavy (non-hydrogen) atoms.